The summed E-state index contributed by atoms with van der Waals surface area (Å²) in [5.74, 6) is -1.98. The van der Waals surface area contributed by atoms with E-state index in [1.165, 1.54) is 0 Å². The van der Waals surface area contributed by atoms with Crippen LogP contribution < -0.4 is 0 Å². The number of hydrogen-bond donors (Lipinski definition) is 0. The quantitative estimate of drug-likeness (QED) is 0.350. The Morgan fingerprint density at radius 1 is 0.788 bits per heavy atom. The van der Waals surface area contributed by atoms with Crippen molar-refractivity contribution in [3.05, 3.63) is 110 Å². The third kappa shape index (κ3) is 4.08. The molecule has 0 bridgehead atoms. The van der Waals surface area contributed by atoms with Gasteiger partial charge in [-0.1, -0.05) is 54.6 Å². The number of hydrogen-bond acceptors (Lipinski definition) is 5. The van der Waals surface area contributed by atoms with Crippen molar-refractivity contribution in [3.63, 3.8) is 0 Å². The van der Waals surface area contributed by atoms with E-state index in [2.05, 4.69) is 4.98 Å². The lowest BCUT2D eigenvalue weighted by Gasteiger charge is -2.39. The van der Waals surface area contributed by atoms with Crippen molar-refractivity contribution in [2.75, 3.05) is 0 Å². The van der Waals surface area contributed by atoms with Crippen molar-refractivity contribution >= 4 is 26.3 Å². The summed E-state index contributed by atoms with van der Waals surface area (Å²) >= 11 is 0. The van der Waals surface area contributed by atoms with Crippen molar-refractivity contribution in [3.8, 4) is 0 Å². The summed E-state index contributed by atoms with van der Waals surface area (Å²) in [6.07, 6.45) is 2.84. The third-order valence-electron chi connectivity index (χ3n) is 4.72. The molecule has 0 fully saturated rings. The van der Waals surface area contributed by atoms with Crippen LogP contribution in [0.15, 0.2) is 124 Å². The standard InChI is InChI=1S/C23H18F2N2O4S2/c24-23(25,22(28)27-17-16-26-18-27)33(29,30)31-32(19-10-4-1-5-11-19,20-12-6-2-7-13-20)21-14-8-3-9-15-21/h1-18H. The Morgan fingerprint density at radius 2 is 1.21 bits per heavy atom. The number of carbonyl (C=O) groups excluding carboxylic acids is 1. The smallest absolute Gasteiger partial charge is 0.270 e. The molecule has 1 aromatic heterocycles. The molecule has 0 radical (unpaired) electrons. The van der Waals surface area contributed by atoms with Gasteiger partial charge in [0.05, 0.1) is 0 Å². The molecule has 33 heavy (non-hydrogen) atoms. The molecule has 4 rings (SSSR count). The van der Waals surface area contributed by atoms with Crippen LogP contribution in [0.4, 0.5) is 8.78 Å². The first-order valence-electron chi connectivity index (χ1n) is 9.64. The summed E-state index contributed by atoms with van der Waals surface area (Å²) in [5.41, 5.74) is 0. The van der Waals surface area contributed by atoms with Gasteiger partial charge in [-0.25, -0.2) is 8.61 Å². The molecule has 0 aliphatic carbocycles. The van der Waals surface area contributed by atoms with Gasteiger partial charge in [0.15, 0.2) is 0 Å². The second-order valence-electron chi connectivity index (χ2n) is 6.81. The highest BCUT2D eigenvalue weighted by Crippen LogP contribution is 2.70. The van der Waals surface area contributed by atoms with E-state index >= 15 is 8.78 Å². The average molecular weight is 489 g/mol. The van der Waals surface area contributed by atoms with Gasteiger partial charge in [0.25, 0.3) is 0 Å². The number of rotatable bonds is 7. The Kier molecular flexibility index (Phi) is 6.15. The summed E-state index contributed by atoms with van der Waals surface area (Å²) in [6.45, 7) is 0. The minimum atomic E-state index is -5.78. The molecule has 0 N–H and O–H groups in total. The Hall–Kier alpha value is -3.34. The van der Waals surface area contributed by atoms with Crippen LogP contribution in [0.5, 0.6) is 0 Å². The predicted octanol–water partition coefficient (Wildman–Crippen LogP) is 5.36. The maximum atomic E-state index is 15.1. The zero-order valence-electron chi connectivity index (χ0n) is 17.0. The van der Waals surface area contributed by atoms with Crippen LogP contribution in [0.1, 0.15) is 4.79 Å². The molecule has 0 spiro atoms. The predicted molar refractivity (Wildman–Crippen MR) is 120 cm³/mol. The number of benzene rings is 3. The molecule has 3 aromatic carbocycles. The number of alkyl halides is 2. The van der Waals surface area contributed by atoms with Crippen LogP contribution in [0.25, 0.3) is 0 Å². The third-order valence-corrected chi connectivity index (χ3v) is 9.86. The van der Waals surface area contributed by atoms with Crippen LogP contribution in [0, 0.1) is 0 Å². The van der Waals surface area contributed by atoms with Crippen LogP contribution in [-0.2, 0) is 13.7 Å². The normalized spacial score (nSPS) is 12.9. The van der Waals surface area contributed by atoms with Crippen molar-refractivity contribution in [2.45, 2.75) is 19.9 Å². The molecular formula is C23H18F2N2O4S2. The molecule has 10 heteroatoms. The van der Waals surface area contributed by atoms with Gasteiger partial charge < -0.3 is 0 Å². The van der Waals surface area contributed by atoms with E-state index in [1.54, 1.807) is 91.0 Å². The number of halogens is 2. The van der Waals surface area contributed by atoms with E-state index in [-0.39, 0.29) is 0 Å². The fourth-order valence-electron chi connectivity index (χ4n) is 3.18. The largest absolute Gasteiger partial charge is 0.448 e. The molecule has 4 aromatic rings. The van der Waals surface area contributed by atoms with E-state index in [0.717, 1.165) is 18.7 Å². The van der Waals surface area contributed by atoms with E-state index in [4.69, 9.17) is 3.63 Å². The highest BCUT2D eigenvalue weighted by atomic mass is 32.3. The van der Waals surface area contributed by atoms with Gasteiger partial charge >= 0.3 is 21.3 Å². The topological polar surface area (TPSA) is 78.3 Å². The van der Waals surface area contributed by atoms with E-state index in [0.29, 0.717) is 19.3 Å². The maximum absolute atomic E-state index is 15.1. The summed E-state index contributed by atoms with van der Waals surface area (Å²) in [4.78, 5) is 17.0. The van der Waals surface area contributed by atoms with Gasteiger partial charge in [-0.05, 0) is 46.7 Å². The zero-order valence-corrected chi connectivity index (χ0v) is 18.6. The fourth-order valence-corrected chi connectivity index (χ4v) is 8.29. The Balaban J connectivity index is 1.95. The first-order valence-corrected chi connectivity index (χ1v) is 12.6. The second-order valence-corrected chi connectivity index (χ2v) is 11.3. The molecule has 0 unspecified atom stereocenters. The van der Waals surface area contributed by atoms with E-state index < -0.39 is 31.6 Å². The van der Waals surface area contributed by atoms with Crippen molar-refractivity contribution in [1.82, 2.24) is 9.55 Å². The lowest BCUT2D eigenvalue weighted by atomic mass is 10.4. The average Bonchev–Trinajstić information content (AvgIpc) is 3.38. The summed E-state index contributed by atoms with van der Waals surface area (Å²) in [6, 6.07) is 24.8. The number of aromatic nitrogens is 2. The van der Waals surface area contributed by atoms with Crippen LogP contribution in [0.2, 0.25) is 0 Å². The second kappa shape index (κ2) is 8.89. The molecule has 0 saturated carbocycles. The van der Waals surface area contributed by atoms with E-state index in [1.807, 2.05) is 0 Å². The molecule has 0 aliphatic heterocycles. The highest BCUT2D eigenvalue weighted by molar-refractivity contribution is 8.33. The monoisotopic (exact) mass is 488 g/mol. The van der Waals surface area contributed by atoms with Crippen LogP contribution in [-0.4, -0.2) is 29.1 Å². The van der Waals surface area contributed by atoms with Gasteiger partial charge in [0.2, 0.25) is 0 Å². The SMILES string of the molecule is O=C(n1ccnc1)C(F)(F)S(=O)(=O)OS(c1ccccc1)(c1ccccc1)c1ccccc1. The minimum Gasteiger partial charge on any atom is -0.270 e. The lowest BCUT2D eigenvalue weighted by molar-refractivity contribution is 0.0403. The molecule has 170 valence electrons. The number of imidazole rings is 1. The van der Waals surface area contributed by atoms with Gasteiger partial charge in [-0.15, -0.1) is 0 Å². The van der Waals surface area contributed by atoms with Crippen molar-refractivity contribution < 1.29 is 25.6 Å². The van der Waals surface area contributed by atoms with Crippen LogP contribution in [0.3, 0.4) is 0 Å². The minimum absolute atomic E-state index is 0.372. The van der Waals surface area contributed by atoms with E-state index in [9.17, 15) is 13.2 Å². The van der Waals surface area contributed by atoms with Gasteiger partial charge in [-0.3, -0.25) is 9.36 Å². The number of carbonyl (C=O) groups is 1. The molecule has 0 atom stereocenters. The first kappa shape index (κ1) is 22.8. The molecule has 1 heterocycles. The Labute approximate surface area is 191 Å². The molecular weight excluding hydrogens is 470 g/mol. The summed E-state index contributed by atoms with van der Waals surface area (Å²) in [7, 11) is -9.00. The highest BCUT2D eigenvalue weighted by Gasteiger charge is 2.58. The lowest BCUT2D eigenvalue weighted by Crippen LogP contribution is -2.42. The maximum Gasteiger partial charge on any atom is 0.448 e. The van der Waals surface area contributed by atoms with Gasteiger partial charge in [0.1, 0.15) is 6.33 Å². The fraction of sp³-hybridized carbons (Fsp3) is 0.0435. The summed E-state index contributed by atoms with van der Waals surface area (Å²) in [5, 5.41) is -4.87. The molecule has 0 aliphatic rings. The molecule has 0 amide bonds. The van der Waals surface area contributed by atoms with Crippen molar-refractivity contribution in [1.29, 1.82) is 0 Å². The molecule has 0 saturated heterocycles. The Morgan fingerprint density at radius 3 is 1.58 bits per heavy atom. The van der Waals surface area contributed by atoms with Crippen molar-refractivity contribution in [2.24, 2.45) is 0 Å². The first-order chi connectivity index (χ1) is 15.8. The Bertz CT molecular complexity index is 1240. The zero-order chi connectivity index (χ0) is 23.5. The van der Waals surface area contributed by atoms with Gasteiger partial charge in [-0.2, -0.15) is 17.2 Å². The summed E-state index contributed by atoms with van der Waals surface area (Å²) < 4.78 is 62.4. The molecule has 6 nitrogen and oxygen atoms in total. The number of nitrogens with zero attached hydrogens (tertiary/aromatic N) is 2. The van der Waals surface area contributed by atoms with Gasteiger partial charge in [0, 0.05) is 27.1 Å². The van der Waals surface area contributed by atoms with Crippen LogP contribution >= 0.6 is 10.3 Å².